The van der Waals surface area contributed by atoms with Crippen LogP contribution in [0.15, 0.2) is 53.6 Å². The number of nitrogens with one attached hydrogen (secondary N) is 1. The molecule has 0 bridgehead atoms. The number of rotatable bonds is 5. The Morgan fingerprint density at radius 3 is 2.61 bits per heavy atom. The highest BCUT2D eigenvalue weighted by Gasteiger charge is 2.22. The molecule has 166 valence electrons. The van der Waals surface area contributed by atoms with E-state index in [0.29, 0.717) is 5.82 Å². The fourth-order valence-corrected chi connectivity index (χ4v) is 3.98. The molecule has 0 aliphatic heterocycles. The van der Waals surface area contributed by atoms with Gasteiger partial charge < -0.3 is 5.32 Å². The fourth-order valence-electron chi connectivity index (χ4n) is 3.45. The number of hydrogen-bond acceptors (Lipinski definition) is 8. The number of primary sulfonamides is 1. The Hall–Kier alpha value is -4.34. The van der Waals surface area contributed by atoms with Gasteiger partial charge in [-0.25, -0.2) is 18.5 Å². The van der Waals surface area contributed by atoms with Crippen molar-refractivity contribution in [2.75, 3.05) is 5.32 Å². The SMILES string of the molecule is Cc1cc(-n2ncc(C#N)c2Nc2ccc(S(N)(=O)=O)cc2[N+](=O)[O-])nc2c(C)cccc12. The van der Waals surface area contributed by atoms with Gasteiger partial charge in [0.1, 0.15) is 17.3 Å². The van der Waals surface area contributed by atoms with Crippen LogP contribution in [0.1, 0.15) is 16.7 Å². The summed E-state index contributed by atoms with van der Waals surface area (Å²) in [6.07, 6.45) is 1.31. The largest absolute Gasteiger partial charge is 0.333 e. The lowest BCUT2D eigenvalue weighted by molar-refractivity contribution is -0.384. The molecule has 0 aliphatic carbocycles. The van der Waals surface area contributed by atoms with Crippen molar-refractivity contribution in [3.8, 4) is 11.9 Å². The van der Waals surface area contributed by atoms with Crippen molar-refractivity contribution in [1.82, 2.24) is 14.8 Å². The number of anilines is 2. The molecule has 3 N–H and O–H groups in total. The lowest BCUT2D eigenvalue weighted by atomic mass is 10.1. The number of para-hydroxylation sites is 1. The van der Waals surface area contributed by atoms with Crippen LogP contribution in [0.5, 0.6) is 0 Å². The summed E-state index contributed by atoms with van der Waals surface area (Å²) >= 11 is 0. The molecule has 0 amide bonds. The van der Waals surface area contributed by atoms with Gasteiger partial charge in [-0.2, -0.15) is 15.0 Å². The summed E-state index contributed by atoms with van der Waals surface area (Å²) in [7, 11) is -4.14. The zero-order chi connectivity index (χ0) is 23.9. The quantitative estimate of drug-likeness (QED) is 0.335. The highest BCUT2D eigenvalue weighted by molar-refractivity contribution is 7.89. The number of sulfonamides is 1. The van der Waals surface area contributed by atoms with Gasteiger partial charge >= 0.3 is 0 Å². The molecule has 0 spiro atoms. The molecule has 2 heterocycles. The number of aryl methyl sites for hydroxylation is 2. The van der Waals surface area contributed by atoms with Crippen molar-refractivity contribution in [2.45, 2.75) is 18.7 Å². The Morgan fingerprint density at radius 2 is 1.94 bits per heavy atom. The van der Waals surface area contributed by atoms with Gasteiger partial charge in [-0.1, -0.05) is 18.2 Å². The van der Waals surface area contributed by atoms with Crippen LogP contribution < -0.4 is 10.5 Å². The maximum atomic E-state index is 11.6. The van der Waals surface area contributed by atoms with Gasteiger partial charge in [0.25, 0.3) is 5.69 Å². The molecule has 2 aromatic heterocycles. The van der Waals surface area contributed by atoms with E-state index < -0.39 is 25.5 Å². The number of nitriles is 1. The molecule has 2 aromatic carbocycles. The molecule has 33 heavy (non-hydrogen) atoms. The molecule has 0 saturated carbocycles. The molecular formula is C21H17N7O4S. The molecule has 12 heteroatoms. The van der Waals surface area contributed by atoms with E-state index in [1.54, 1.807) is 6.07 Å². The summed E-state index contributed by atoms with van der Waals surface area (Å²) in [5.74, 6) is 0.547. The number of aromatic nitrogens is 3. The van der Waals surface area contributed by atoms with E-state index in [2.05, 4.69) is 15.4 Å². The molecule has 4 aromatic rings. The zero-order valence-corrected chi connectivity index (χ0v) is 18.3. The third-order valence-corrected chi connectivity index (χ3v) is 6.00. The molecule has 0 unspecified atom stereocenters. The summed E-state index contributed by atoms with van der Waals surface area (Å²) in [5.41, 5.74) is 2.19. The van der Waals surface area contributed by atoms with Crippen molar-refractivity contribution in [2.24, 2.45) is 5.14 Å². The minimum atomic E-state index is -4.14. The topological polar surface area (TPSA) is 170 Å². The number of fused-ring (bicyclic) bond motifs is 1. The minimum absolute atomic E-state index is 0.0423. The predicted molar refractivity (Wildman–Crippen MR) is 121 cm³/mol. The minimum Gasteiger partial charge on any atom is -0.333 e. The Balaban J connectivity index is 1.88. The van der Waals surface area contributed by atoms with Crippen LogP contribution in [0.3, 0.4) is 0 Å². The van der Waals surface area contributed by atoms with Crippen molar-refractivity contribution >= 4 is 38.1 Å². The zero-order valence-electron chi connectivity index (χ0n) is 17.5. The standard InChI is InChI=1S/C21H17N7O4S/c1-12-4-3-5-16-13(2)8-19(26-20(12)16)27-21(14(10-22)11-24-27)25-17-7-6-15(33(23,31)32)9-18(17)28(29)30/h3-9,11,25H,1-2H3,(H2,23,31,32). The first-order valence-corrected chi connectivity index (χ1v) is 11.1. The normalized spacial score (nSPS) is 11.3. The van der Waals surface area contributed by atoms with Gasteiger partial charge in [0.2, 0.25) is 10.0 Å². The van der Waals surface area contributed by atoms with Crippen LogP contribution in [-0.2, 0) is 10.0 Å². The van der Waals surface area contributed by atoms with Crippen LogP contribution in [0.4, 0.5) is 17.2 Å². The van der Waals surface area contributed by atoms with Gasteiger partial charge in [-0.05, 0) is 43.2 Å². The van der Waals surface area contributed by atoms with Crippen LogP contribution in [0.25, 0.3) is 16.7 Å². The van der Waals surface area contributed by atoms with E-state index in [4.69, 9.17) is 5.14 Å². The first kappa shape index (κ1) is 21.9. The second-order valence-electron chi connectivity index (χ2n) is 7.30. The average Bonchev–Trinajstić information content (AvgIpc) is 3.16. The number of nitro groups is 1. The van der Waals surface area contributed by atoms with Gasteiger partial charge in [-0.3, -0.25) is 10.1 Å². The Kier molecular flexibility index (Phi) is 5.28. The molecule has 0 fully saturated rings. The number of nitrogens with zero attached hydrogens (tertiary/aromatic N) is 5. The van der Waals surface area contributed by atoms with Crippen LogP contribution in [-0.4, -0.2) is 28.1 Å². The average molecular weight is 463 g/mol. The van der Waals surface area contributed by atoms with E-state index in [9.17, 15) is 23.8 Å². The Bertz CT molecular complexity index is 1590. The first-order valence-electron chi connectivity index (χ1n) is 9.54. The van der Waals surface area contributed by atoms with E-state index in [1.165, 1.54) is 16.9 Å². The molecule has 0 saturated heterocycles. The molecular weight excluding hydrogens is 446 g/mol. The number of hydrogen-bond donors (Lipinski definition) is 2. The number of pyridine rings is 1. The van der Waals surface area contributed by atoms with Gasteiger partial charge in [0, 0.05) is 11.5 Å². The molecule has 0 aliphatic rings. The van der Waals surface area contributed by atoms with E-state index >= 15 is 0 Å². The lowest BCUT2D eigenvalue weighted by Gasteiger charge is -2.13. The van der Waals surface area contributed by atoms with Crippen LogP contribution in [0.2, 0.25) is 0 Å². The van der Waals surface area contributed by atoms with E-state index in [-0.39, 0.29) is 17.1 Å². The third kappa shape index (κ3) is 3.98. The Morgan fingerprint density at radius 1 is 1.18 bits per heavy atom. The highest BCUT2D eigenvalue weighted by Crippen LogP contribution is 2.32. The second-order valence-corrected chi connectivity index (χ2v) is 8.87. The second kappa shape index (κ2) is 7.97. The fraction of sp³-hybridized carbons (Fsp3) is 0.0952. The van der Waals surface area contributed by atoms with Gasteiger partial charge in [0.05, 0.1) is 21.5 Å². The van der Waals surface area contributed by atoms with Crippen molar-refractivity contribution < 1.29 is 13.3 Å². The maximum Gasteiger partial charge on any atom is 0.294 e. The summed E-state index contributed by atoms with van der Waals surface area (Å²) in [6.45, 7) is 3.85. The van der Waals surface area contributed by atoms with Crippen molar-refractivity contribution in [3.63, 3.8) is 0 Å². The molecule has 0 radical (unpaired) electrons. The van der Waals surface area contributed by atoms with Gasteiger partial charge in [-0.15, -0.1) is 0 Å². The summed E-state index contributed by atoms with van der Waals surface area (Å²) in [5, 5.41) is 34.3. The predicted octanol–water partition coefficient (Wildman–Crippen LogP) is 3.21. The molecule has 4 rings (SSSR count). The van der Waals surface area contributed by atoms with Crippen LogP contribution >= 0.6 is 0 Å². The highest BCUT2D eigenvalue weighted by atomic mass is 32.2. The van der Waals surface area contributed by atoms with Crippen LogP contribution in [0, 0.1) is 35.3 Å². The smallest absolute Gasteiger partial charge is 0.294 e. The van der Waals surface area contributed by atoms with Gasteiger partial charge in [0.15, 0.2) is 11.6 Å². The van der Waals surface area contributed by atoms with E-state index in [1.807, 2.05) is 38.1 Å². The Labute approximate surface area is 188 Å². The first-order chi connectivity index (χ1) is 15.6. The summed E-state index contributed by atoms with van der Waals surface area (Å²) < 4.78 is 24.6. The molecule has 11 nitrogen and oxygen atoms in total. The van der Waals surface area contributed by atoms with E-state index in [0.717, 1.165) is 34.2 Å². The van der Waals surface area contributed by atoms with Crippen molar-refractivity contribution in [1.29, 1.82) is 5.26 Å². The summed E-state index contributed by atoms with van der Waals surface area (Å²) in [6, 6.07) is 12.8. The maximum absolute atomic E-state index is 11.6. The number of nitro benzene ring substituents is 1. The third-order valence-electron chi connectivity index (χ3n) is 5.09. The molecule has 0 atom stereocenters. The van der Waals surface area contributed by atoms with Crippen molar-refractivity contribution in [3.05, 3.63) is 75.5 Å². The number of nitrogens with two attached hydrogens (primary N) is 1. The summed E-state index contributed by atoms with van der Waals surface area (Å²) in [4.78, 5) is 15.1. The lowest BCUT2D eigenvalue weighted by Crippen LogP contribution is -2.13. The monoisotopic (exact) mass is 463 g/mol. The number of benzene rings is 2.